The SMILES string of the molecule is O=C(COc1ccc(CO)cc1)N1CCC(Oc2ccc(C(F)(F)F)cc2)C1. The number of aliphatic hydroxyl groups is 1. The Morgan fingerprint density at radius 1 is 1.07 bits per heavy atom. The van der Waals surface area contributed by atoms with E-state index in [0.717, 1.165) is 17.7 Å². The topological polar surface area (TPSA) is 59.0 Å². The first-order chi connectivity index (χ1) is 13.3. The third-order valence-corrected chi connectivity index (χ3v) is 4.45. The third-order valence-electron chi connectivity index (χ3n) is 4.45. The molecule has 8 heteroatoms. The van der Waals surface area contributed by atoms with Crippen LogP contribution in [0.1, 0.15) is 17.5 Å². The Morgan fingerprint density at radius 3 is 2.32 bits per heavy atom. The van der Waals surface area contributed by atoms with Crippen molar-refractivity contribution in [3.63, 3.8) is 0 Å². The highest BCUT2D eigenvalue weighted by molar-refractivity contribution is 5.78. The zero-order valence-electron chi connectivity index (χ0n) is 15.0. The molecule has 1 aliphatic rings. The fourth-order valence-electron chi connectivity index (χ4n) is 2.89. The lowest BCUT2D eigenvalue weighted by Crippen LogP contribution is -2.34. The molecule has 150 valence electrons. The summed E-state index contributed by atoms with van der Waals surface area (Å²) in [5.74, 6) is 0.680. The van der Waals surface area contributed by atoms with Crippen LogP contribution in [0.15, 0.2) is 48.5 Å². The Bertz CT molecular complexity index is 791. The van der Waals surface area contributed by atoms with E-state index in [2.05, 4.69) is 0 Å². The summed E-state index contributed by atoms with van der Waals surface area (Å²) >= 11 is 0. The smallest absolute Gasteiger partial charge is 0.416 e. The number of likely N-dealkylation sites (tertiary alicyclic amines) is 1. The normalized spacial score (nSPS) is 16.9. The van der Waals surface area contributed by atoms with Crippen molar-refractivity contribution < 1.29 is 32.5 Å². The second-order valence-corrected chi connectivity index (χ2v) is 6.48. The molecule has 0 saturated carbocycles. The van der Waals surface area contributed by atoms with Crippen LogP contribution in [0.3, 0.4) is 0 Å². The minimum absolute atomic E-state index is 0.0622. The first kappa shape index (κ1) is 20.0. The Hall–Kier alpha value is -2.74. The van der Waals surface area contributed by atoms with E-state index >= 15 is 0 Å². The van der Waals surface area contributed by atoms with Gasteiger partial charge in [0, 0.05) is 13.0 Å². The molecular formula is C20H20F3NO4. The van der Waals surface area contributed by atoms with Crippen molar-refractivity contribution in [3.8, 4) is 11.5 Å². The number of hydrogen-bond donors (Lipinski definition) is 1. The number of benzene rings is 2. The molecule has 0 radical (unpaired) electrons. The Morgan fingerprint density at radius 2 is 1.71 bits per heavy atom. The van der Waals surface area contributed by atoms with Crippen molar-refractivity contribution >= 4 is 5.91 Å². The number of ether oxygens (including phenoxy) is 2. The van der Waals surface area contributed by atoms with Crippen molar-refractivity contribution in [1.82, 2.24) is 4.90 Å². The molecule has 1 amide bonds. The van der Waals surface area contributed by atoms with E-state index in [1.807, 2.05) is 0 Å². The zero-order chi connectivity index (χ0) is 20.1. The standard InChI is InChI=1S/C20H20F3NO4/c21-20(22,23)15-3-7-17(8-4-15)28-18-9-10-24(11-18)19(26)13-27-16-5-1-14(12-25)2-6-16/h1-8,18,25H,9-13H2. The van der Waals surface area contributed by atoms with Crippen LogP contribution < -0.4 is 9.47 Å². The number of aliphatic hydroxyl groups excluding tert-OH is 1. The van der Waals surface area contributed by atoms with Gasteiger partial charge in [-0.05, 0) is 42.0 Å². The number of halogens is 3. The van der Waals surface area contributed by atoms with Crippen LogP contribution in [0.25, 0.3) is 0 Å². The van der Waals surface area contributed by atoms with Gasteiger partial charge in [0.15, 0.2) is 6.61 Å². The van der Waals surface area contributed by atoms with Crippen LogP contribution in [0.5, 0.6) is 11.5 Å². The predicted molar refractivity (Wildman–Crippen MR) is 94.9 cm³/mol. The molecule has 1 heterocycles. The molecule has 0 spiro atoms. The molecule has 1 unspecified atom stereocenters. The summed E-state index contributed by atoms with van der Waals surface area (Å²) in [5.41, 5.74) is 0.0220. The average Bonchev–Trinajstić information content (AvgIpc) is 3.15. The predicted octanol–water partition coefficient (Wildman–Crippen LogP) is 3.26. The highest BCUT2D eigenvalue weighted by atomic mass is 19.4. The summed E-state index contributed by atoms with van der Waals surface area (Å²) in [7, 11) is 0. The van der Waals surface area contributed by atoms with E-state index < -0.39 is 11.7 Å². The van der Waals surface area contributed by atoms with Gasteiger partial charge >= 0.3 is 6.18 Å². The van der Waals surface area contributed by atoms with Crippen LogP contribution >= 0.6 is 0 Å². The number of rotatable bonds is 6. The molecule has 0 aromatic heterocycles. The number of alkyl halides is 3. The number of amides is 1. The van der Waals surface area contributed by atoms with Gasteiger partial charge in [-0.1, -0.05) is 12.1 Å². The lowest BCUT2D eigenvalue weighted by molar-refractivity contribution is -0.137. The molecule has 2 aromatic rings. The van der Waals surface area contributed by atoms with Crippen LogP contribution in [0.2, 0.25) is 0 Å². The van der Waals surface area contributed by atoms with E-state index in [0.29, 0.717) is 31.0 Å². The first-order valence-electron chi connectivity index (χ1n) is 8.79. The van der Waals surface area contributed by atoms with E-state index in [1.165, 1.54) is 12.1 Å². The van der Waals surface area contributed by atoms with E-state index in [-0.39, 0.29) is 25.2 Å². The summed E-state index contributed by atoms with van der Waals surface area (Å²) in [4.78, 5) is 13.9. The van der Waals surface area contributed by atoms with Crippen molar-refractivity contribution in [1.29, 1.82) is 0 Å². The number of carbonyl (C=O) groups is 1. The molecule has 1 fully saturated rings. The minimum Gasteiger partial charge on any atom is -0.489 e. The van der Waals surface area contributed by atoms with Gasteiger partial charge in [-0.15, -0.1) is 0 Å². The summed E-state index contributed by atoms with van der Waals surface area (Å²) in [6.07, 6.45) is -4.06. The van der Waals surface area contributed by atoms with Gasteiger partial charge in [-0.3, -0.25) is 4.79 Å². The average molecular weight is 395 g/mol. The van der Waals surface area contributed by atoms with Gasteiger partial charge in [0.05, 0.1) is 18.7 Å². The molecule has 5 nitrogen and oxygen atoms in total. The Balaban J connectivity index is 1.47. The number of hydrogen-bond acceptors (Lipinski definition) is 4. The molecule has 28 heavy (non-hydrogen) atoms. The van der Waals surface area contributed by atoms with Crippen LogP contribution in [-0.4, -0.2) is 41.7 Å². The number of nitrogens with zero attached hydrogens (tertiary/aromatic N) is 1. The molecule has 1 aliphatic heterocycles. The van der Waals surface area contributed by atoms with Crippen LogP contribution in [0, 0.1) is 0 Å². The van der Waals surface area contributed by atoms with Crippen molar-refractivity contribution in [2.45, 2.75) is 25.3 Å². The third kappa shape index (κ3) is 5.16. The van der Waals surface area contributed by atoms with Crippen LogP contribution in [-0.2, 0) is 17.6 Å². The molecule has 3 rings (SSSR count). The second kappa shape index (κ2) is 8.52. The molecule has 1 N–H and O–H groups in total. The van der Waals surface area contributed by atoms with Crippen molar-refractivity contribution in [3.05, 3.63) is 59.7 Å². The van der Waals surface area contributed by atoms with Gasteiger partial charge in [0.2, 0.25) is 0 Å². The molecular weight excluding hydrogens is 375 g/mol. The van der Waals surface area contributed by atoms with Gasteiger partial charge in [-0.2, -0.15) is 13.2 Å². The molecule has 0 aliphatic carbocycles. The summed E-state index contributed by atoms with van der Waals surface area (Å²) in [6.45, 7) is 0.669. The van der Waals surface area contributed by atoms with E-state index in [9.17, 15) is 18.0 Å². The van der Waals surface area contributed by atoms with Crippen molar-refractivity contribution in [2.75, 3.05) is 19.7 Å². The molecule has 2 aromatic carbocycles. The lowest BCUT2D eigenvalue weighted by Gasteiger charge is -2.18. The Kier molecular flexibility index (Phi) is 6.08. The van der Waals surface area contributed by atoms with Gasteiger partial charge in [0.1, 0.15) is 17.6 Å². The molecule has 0 bridgehead atoms. The summed E-state index contributed by atoms with van der Waals surface area (Å²) in [5, 5.41) is 9.01. The Labute approximate surface area is 160 Å². The maximum absolute atomic E-state index is 12.6. The quantitative estimate of drug-likeness (QED) is 0.816. The van der Waals surface area contributed by atoms with Gasteiger partial charge in [0.25, 0.3) is 5.91 Å². The highest BCUT2D eigenvalue weighted by Crippen LogP contribution is 2.30. The monoisotopic (exact) mass is 395 g/mol. The van der Waals surface area contributed by atoms with E-state index in [4.69, 9.17) is 14.6 Å². The van der Waals surface area contributed by atoms with Gasteiger partial charge in [-0.25, -0.2) is 0 Å². The fourth-order valence-corrected chi connectivity index (χ4v) is 2.89. The van der Waals surface area contributed by atoms with Gasteiger partial charge < -0.3 is 19.5 Å². The minimum atomic E-state index is -4.38. The second-order valence-electron chi connectivity index (χ2n) is 6.48. The first-order valence-corrected chi connectivity index (χ1v) is 8.79. The van der Waals surface area contributed by atoms with Crippen LogP contribution in [0.4, 0.5) is 13.2 Å². The number of carbonyl (C=O) groups excluding carboxylic acids is 1. The maximum Gasteiger partial charge on any atom is 0.416 e. The highest BCUT2D eigenvalue weighted by Gasteiger charge is 2.31. The summed E-state index contributed by atoms with van der Waals surface area (Å²) < 4.78 is 48.9. The summed E-state index contributed by atoms with van der Waals surface area (Å²) in [6, 6.07) is 11.3. The fraction of sp³-hybridized carbons (Fsp3) is 0.350. The lowest BCUT2D eigenvalue weighted by atomic mass is 10.2. The largest absolute Gasteiger partial charge is 0.489 e. The maximum atomic E-state index is 12.6. The zero-order valence-corrected chi connectivity index (χ0v) is 15.0. The van der Waals surface area contributed by atoms with E-state index in [1.54, 1.807) is 29.2 Å². The van der Waals surface area contributed by atoms with Crippen molar-refractivity contribution in [2.24, 2.45) is 0 Å². The molecule has 1 saturated heterocycles. The molecule has 1 atom stereocenters.